The standard InChI is InChI=1S/C25H22Cl2O7/c1-13(28)33-24-19(26)9-15(11-21(24)31-3)7-17-5-6-18(23(17)30)8-16-10-20(27)25(34-14(2)29)22(12-16)32-4/h7-12H,5-6H2,1-4H3/b17-7-,18-8+. The van der Waals surface area contributed by atoms with E-state index in [1.807, 2.05) is 0 Å². The highest BCUT2D eigenvalue weighted by molar-refractivity contribution is 6.33. The summed E-state index contributed by atoms with van der Waals surface area (Å²) in [6.45, 7) is 2.53. The van der Waals surface area contributed by atoms with Gasteiger partial charge in [0, 0.05) is 25.0 Å². The number of methoxy groups -OCH3 is 2. The van der Waals surface area contributed by atoms with Crippen LogP contribution in [-0.4, -0.2) is 31.9 Å². The molecule has 1 fully saturated rings. The minimum atomic E-state index is -0.523. The van der Waals surface area contributed by atoms with Crippen LogP contribution in [0.5, 0.6) is 23.0 Å². The van der Waals surface area contributed by atoms with Gasteiger partial charge in [0.15, 0.2) is 28.8 Å². The first-order valence-corrected chi connectivity index (χ1v) is 11.0. The van der Waals surface area contributed by atoms with Crippen molar-refractivity contribution in [2.24, 2.45) is 0 Å². The molecule has 3 rings (SSSR count). The second kappa shape index (κ2) is 10.8. The number of hydrogen-bond acceptors (Lipinski definition) is 7. The summed E-state index contributed by atoms with van der Waals surface area (Å²) in [6.07, 6.45) is 4.53. The maximum atomic E-state index is 13.0. The lowest BCUT2D eigenvalue weighted by atomic mass is 10.1. The van der Waals surface area contributed by atoms with E-state index in [0.717, 1.165) is 0 Å². The molecular weight excluding hydrogens is 483 g/mol. The van der Waals surface area contributed by atoms with Crippen molar-refractivity contribution in [2.75, 3.05) is 14.2 Å². The fourth-order valence-electron chi connectivity index (χ4n) is 3.51. The van der Waals surface area contributed by atoms with Crippen LogP contribution in [0.25, 0.3) is 12.2 Å². The Morgan fingerprint density at radius 3 is 1.47 bits per heavy atom. The lowest BCUT2D eigenvalue weighted by Crippen LogP contribution is -2.04. The van der Waals surface area contributed by atoms with Crippen LogP contribution in [0.15, 0.2) is 35.4 Å². The van der Waals surface area contributed by atoms with Gasteiger partial charge in [0.05, 0.1) is 24.3 Å². The van der Waals surface area contributed by atoms with Crippen molar-refractivity contribution >= 4 is 53.1 Å². The van der Waals surface area contributed by atoms with Crippen LogP contribution in [0.1, 0.15) is 37.8 Å². The van der Waals surface area contributed by atoms with Crippen LogP contribution in [-0.2, 0) is 14.4 Å². The van der Waals surface area contributed by atoms with Gasteiger partial charge in [0.1, 0.15) is 0 Å². The molecule has 0 atom stereocenters. The number of halogens is 2. The molecule has 0 saturated heterocycles. The average molecular weight is 505 g/mol. The van der Waals surface area contributed by atoms with Gasteiger partial charge in [-0.3, -0.25) is 14.4 Å². The predicted octanol–water partition coefficient (Wildman–Crippen LogP) is 5.69. The highest BCUT2D eigenvalue weighted by Gasteiger charge is 2.24. The molecule has 0 aliphatic heterocycles. The minimum absolute atomic E-state index is 0.113. The van der Waals surface area contributed by atoms with E-state index in [2.05, 4.69) is 0 Å². The SMILES string of the molecule is COc1cc(/C=C2/CC/C(=C\c3cc(Cl)c(OC(C)=O)c(OC)c3)C2=O)cc(Cl)c1OC(C)=O. The third-order valence-corrected chi connectivity index (χ3v) is 5.49. The molecule has 0 N–H and O–H groups in total. The lowest BCUT2D eigenvalue weighted by Gasteiger charge is -2.11. The molecular formula is C25H22Cl2O7. The summed E-state index contributed by atoms with van der Waals surface area (Å²) in [5.41, 5.74) is 2.47. The van der Waals surface area contributed by atoms with E-state index < -0.39 is 11.9 Å². The van der Waals surface area contributed by atoms with Gasteiger partial charge in [-0.15, -0.1) is 0 Å². The molecule has 9 heteroatoms. The average Bonchev–Trinajstić information content (AvgIpc) is 3.10. The van der Waals surface area contributed by atoms with Gasteiger partial charge < -0.3 is 18.9 Å². The number of esters is 2. The Kier molecular flexibility index (Phi) is 8.02. The summed E-state index contributed by atoms with van der Waals surface area (Å²) in [5, 5.41) is 0.384. The summed E-state index contributed by atoms with van der Waals surface area (Å²) in [7, 11) is 2.87. The van der Waals surface area contributed by atoms with Crippen molar-refractivity contribution < 1.29 is 33.3 Å². The van der Waals surface area contributed by atoms with Gasteiger partial charge in [-0.25, -0.2) is 0 Å². The van der Waals surface area contributed by atoms with Gasteiger partial charge in [-0.2, -0.15) is 0 Å². The predicted molar refractivity (Wildman–Crippen MR) is 129 cm³/mol. The van der Waals surface area contributed by atoms with Crippen molar-refractivity contribution in [1.29, 1.82) is 0 Å². The van der Waals surface area contributed by atoms with Crippen molar-refractivity contribution in [3.05, 3.63) is 56.6 Å². The molecule has 0 amide bonds. The number of carbonyl (C=O) groups is 3. The topological polar surface area (TPSA) is 88.1 Å². The van der Waals surface area contributed by atoms with Crippen molar-refractivity contribution in [3.63, 3.8) is 0 Å². The molecule has 1 aliphatic rings. The van der Waals surface area contributed by atoms with Gasteiger partial charge in [-0.05, 0) is 60.4 Å². The number of ether oxygens (including phenoxy) is 4. The molecule has 34 heavy (non-hydrogen) atoms. The highest BCUT2D eigenvalue weighted by Crippen LogP contribution is 2.40. The van der Waals surface area contributed by atoms with E-state index >= 15 is 0 Å². The summed E-state index contributed by atoms with van der Waals surface area (Å²) < 4.78 is 20.8. The summed E-state index contributed by atoms with van der Waals surface area (Å²) >= 11 is 12.5. The fourth-order valence-corrected chi connectivity index (χ4v) is 4.03. The number of hydrogen-bond donors (Lipinski definition) is 0. The molecule has 0 aromatic heterocycles. The lowest BCUT2D eigenvalue weighted by molar-refractivity contribution is -0.132. The molecule has 0 radical (unpaired) electrons. The number of allylic oxidation sites excluding steroid dienone is 2. The fraction of sp³-hybridized carbons (Fsp3) is 0.240. The zero-order valence-corrected chi connectivity index (χ0v) is 20.5. The van der Waals surface area contributed by atoms with E-state index in [0.29, 0.717) is 35.1 Å². The number of benzene rings is 2. The van der Waals surface area contributed by atoms with Crippen molar-refractivity contribution in [1.82, 2.24) is 0 Å². The zero-order chi connectivity index (χ0) is 25.0. The van der Waals surface area contributed by atoms with Crippen LogP contribution >= 0.6 is 23.2 Å². The van der Waals surface area contributed by atoms with E-state index in [1.165, 1.54) is 28.1 Å². The first-order valence-electron chi connectivity index (χ1n) is 10.2. The molecule has 0 bridgehead atoms. The second-order valence-electron chi connectivity index (χ2n) is 7.42. The number of Topliss-reactive ketones (excluding diaryl/α,β-unsaturated/α-hetero) is 1. The Morgan fingerprint density at radius 1 is 0.765 bits per heavy atom. The van der Waals surface area contributed by atoms with Gasteiger partial charge >= 0.3 is 11.9 Å². The largest absolute Gasteiger partial charge is 0.493 e. The third-order valence-electron chi connectivity index (χ3n) is 4.92. The highest BCUT2D eigenvalue weighted by atomic mass is 35.5. The minimum Gasteiger partial charge on any atom is -0.493 e. The Bertz CT molecular complexity index is 1130. The van der Waals surface area contributed by atoms with Crippen LogP contribution in [0.3, 0.4) is 0 Å². The Morgan fingerprint density at radius 2 is 1.15 bits per heavy atom. The molecule has 178 valence electrons. The Labute approximate surface area is 206 Å². The smallest absolute Gasteiger partial charge is 0.308 e. The van der Waals surface area contributed by atoms with Gasteiger partial charge in [0.25, 0.3) is 0 Å². The molecule has 2 aromatic carbocycles. The quantitative estimate of drug-likeness (QED) is 0.283. The maximum Gasteiger partial charge on any atom is 0.308 e. The second-order valence-corrected chi connectivity index (χ2v) is 8.24. The molecule has 1 aliphatic carbocycles. The van der Waals surface area contributed by atoms with E-state index in [4.69, 9.17) is 42.1 Å². The van der Waals surface area contributed by atoms with Crippen molar-refractivity contribution in [3.8, 4) is 23.0 Å². The van der Waals surface area contributed by atoms with Crippen LogP contribution < -0.4 is 18.9 Å². The maximum absolute atomic E-state index is 13.0. The molecule has 0 unspecified atom stereocenters. The molecule has 0 heterocycles. The first kappa shape index (κ1) is 25.3. The third kappa shape index (κ3) is 5.79. The number of ketones is 1. The Balaban J connectivity index is 1.90. The summed E-state index contributed by atoms with van der Waals surface area (Å²) in [6, 6.07) is 6.49. The monoisotopic (exact) mass is 504 g/mol. The number of carbonyl (C=O) groups excluding carboxylic acids is 3. The molecule has 2 aromatic rings. The zero-order valence-electron chi connectivity index (χ0n) is 19.0. The van der Waals surface area contributed by atoms with Gasteiger partial charge in [0.2, 0.25) is 0 Å². The Hall–Kier alpha value is -3.29. The van der Waals surface area contributed by atoms with Crippen LogP contribution in [0.4, 0.5) is 0 Å². The molecule has 0 spiro atoms. The summed E-state index contributed by atoms with van der Waals surface area (Å²) in [5.74, 6) is -0.344. The summed E-state index contributed by atoms with van der Waals surface area (Å²) in [4.78, 5) is 35.6. The van der Waals surface area contributed by atoms with Gasteiger partial charge in [-0.1, -0.05) is 23.2 Å². The van der Waals surface area contributed by atoms with Crippen LogP contribution in [0, 0.1) is 0 Å². The van der Waals surface area contributed by atoms with Crippen LogP contribution in [0.2, 0.25) is 10.0 Å². The van der Waals surface area contributed by atoms with Crippen molar-refractivity contribution in [2.45, 2.75) is 26.7 Å². The van der Waals surface area contributed by atoms with E-state index in [1.54, 1.807) is 36.4 Å². The molecule has 1 saturated carbocycles. The normalized spacial score (nSPS) is 15.5. The number of rotatable bonds is 6. The first-order chi connectivity index (χ1) is 16.1. The van der Waals surface area contributed by atoms with E-state index in [-0.39, 0.29) is 38.8 Å². The molecule has 7 nitrogen and oxygen atoms in total. The van der Waals surface area contributed by atoms with E-state index in [9.17, 15) is 14.4 Å².